The summed E-state index contributed by atoms with van der Waals surface area (Å²) in [7, 11) is 0.811. The van der Waals surface area contributed by atoms with Crippen molar-refractivity contribution in [1.29, 1.82) is 0 Å². The number of likely N-dealkylation sites (N-methyl/N-ethyl adjacent to an activating group) is 1. The molecule has 15 heavy (non-hydrogen) atoms. The second kappa shape index (κ2) is 5.25. The van der Waals surface area contributed by atoms with E-state index in [2.05, 4.69) is 5.32 Å². The molecule has 5 nitrogen and oxygen atoms in total. The van der Waals surface area contributed by atoms with Gasteiger partial charge in [-0.25, -0.2) is 8.42 Å². The Balaban J connectivity index is 2.67. The van der Waals surface area contributed by atoms with E-state index >= 15 is 0 Å². The minimum atomic E-state index is -3.09. The van der Waals surface area contributed by atoms with E-state index in [0.29, 0.717) is 19.6 Å². The Bertz CT molecular complexity index is 290. The van der Waals surface area contributed by atoms with Gasteiger partial charge in [0, 0.05) is 32.7 Å². The highest BCUT2D eigenvalue weighted by atomic mass is 32.2. The zero-order valence-corrected chi connectivity index (χ0v) is 10.5. The minimum absolute atomic E-state index is 0.317. The van der Waals surface area contributed by atoms with Gasteiger partial charge in [0.2, 0.25) is 10.0 Å². The van der Waals surface area contributed by atoms with E-state index in [4.69, 9.17) is 0 Å². The zero-order valence-electron chi connectivity index (χ0n) is 9.73. The van der Waals surface area contributed by atoms with Crippen LogP contribution in [-0.2, 0) is 10.0 Å². The van der Waals surface area contributed by atoms with Crippen molar-refractivity contribution in [3.63, 3.8) is 0 Å². The molecule has 0 spiro atoms. The maximum Gasteiger partial charge on any atom is 0.218 e. The number of nitrogens with zero attached hydrogens (tertiary/aromatic N) is 2. The highest BCUT2D eigenvalue weighted by molar-refractivity contribution is 7.89. The van der Waals surface area contributed by atoms with E-state index in [1.54, 1.807) is 11.2 Å². The Hall–Kier alpha value is -0.170. The van der Waals surface area contributed by atoms with E-state index in [0.717, 1.165) is 13.1 Å². The summed E-state index contributed by atoms with van der Waals surface area (Å²) >= 11 is 0. The molecule has 0 aromatic heterocycles. The average molecular weight is 235 g/mol. The van der Waals surface area contributed by atoms with E-state index in [9.17, 15) is 8.42 Å². The lowest BCUT2D eigenvalue weighted by atomic mass is 10.4. The van der Waals surface area contributed by atoms with Gasteiger partial charge in [0.1, 0.15) is 0 Å². The average Bonchev–Trinajstić information content (AvgIpc) is 2.25. The van der Waals surface area contributed by atoms with Gasteiger partial charge >= 0.3 is 0 Å². The van der Waals surface area contributed by atoms with Gasteiger partial charge in [-0.15, -0.1) is 0 Å². The highest BCUT2D eigenvalue weighted by Crippen LogP contribution is 2.10. The van der Waals surface area contributed by atoms with E-state index in [-0.39, 0.29) is 5.25 Å². The van der Waals surface area contributed by atoms with Crippen LogP contribution in [0.2, 0.25) is 0 Å². The lowest BCUT2D eigenvalue weighted by Crippen LogP contribution is -2.41. The summed E-state index contributed by atoms with van der Waals surface area (Å²) in [6, 6.07) is 0. The molecule has 1 fully saturated rings. The van der Waals surface area contributed by atoms with Crippen molar-refractivity contribution in [3.8, 4) is 0 Å². The number of hydrogen-bond donors (Lipinski definition) is 1. The fraction of sp³-hybridized carbons (Fsp3) is 1.00. The second-order valence-electron chi connectivity index (χ2n) is 4.26. The Morgan fingerprint density at radius 3 is 2.73 bits per heavy atom. The molecule has 1 rings (SSSR count). The fourth-order valence-corrected chi connectivity index (χ4v) is 3.07. The van der Waals surface area contributed by atoms with Crippen LogP contribution in [0.5, 0.6) is 0 Å². The molecule has 0 amide bonds. The lowest BCUT2D eigenvalue weighted by molar-refractivity contribution is 0.336. The molecule has 1 atom stereocenters. The number of nitrogens with one attached hydrogen (secondary N) is 1. The van der Waals surface area contributed by atoms with Gasteiger partial charge in [0.25, 0.3) is 0 Å². The molecule has 6 heteroatoms. The monoisotopic (exact) mass is 235 g/mol. The standard InChI is InChI=1S/C9H21N3O2S/c1-9-8-10-4-5-12(15(9,13)14)7-6-11(2)3/h9-10H,4-8H2,1-3H3. The molecule has 1 N–H and O–H groups in total. The molecule has 1 aliphatic heterocycles. The first-order valence-electron chi connectivity index (χ1n) is 5.29. The summed E-state index contributed by atoms with van der Waals surface area (Å²) in [6.45, 7) is 5.00. The molecular formula is C9H21N3O2S. The van der Waals surface area contributed by atoms with Gasteiger partial charge in [-0.05, 0) is 21.0 Å². The van der Waals surface area contributed by atoms with Crippen LogP contribution >= 0.6 is 0 Å². The van der Waals surface area contributed by atoms with Crippen LogP contribution in [0.15, 0.2) is 0 Å². The Labute approximate surface area is 92.5 Å². The zero-order chi connectivity index (χ0) is 11.5. The maximum absolute atomic E-state index is 12.0. The topological polar surface area (TPSA) is 52.6 Å². The molecule has 0 aromatic rings. The third-order valence-electron chi connectivity index (χ3n) is 2.63. The predicted octanol–water partition coefficient (Wildman–Crippen LogP) is -0.828. The Morgan fingerprint density at radius 1 is 1.47 bits per heavy atom. The molecule has 0 aliphatic carbocycles. The lowest BCUT2D eigenvalue weighted by Gasteiger charge is -2.23. The molecule has 0 aromatic carbocycles. The summed E-state index contributed by atoms with van der Waals surface area (Å²) in [5, 5.41) is 2.82. The van der Waals surface area contributed by atoms with Crippen molar-refractivity contribution in [3.05, 3.63) is 0 Å². The van der Waals surface area contributed by atoms with Crippen LogP contribution in [0.1, 0.15) is 6.92 Å². The Kier molecular flexibility index (Phi) is 4.51. The van der Waals surface area contributed by atoms with Gasteiger partial charge in [-0.2, -0.15) is 4.31 Å². The number of rotatable bonds is 3. The van der Waals surface area contributed by atoms with Crippen molar-refractivity contribution in [2.75, 3.05) is 46.8 Å². The quantitative estimate of drug-likeness (QED) is 0.694. The molecule has 0 radical (unpaired) electrons. The van der Waals surface area contributed by atoms with Crippen LogP contribution in [0, 0.1) is 0 Å². The van der Waals surface area contributed by atoms with E-state index in [1.807, 2.05) is 19.0 Å². The molecular weight excluding hydrogens is 214 g/mol. The van der Waals surface area contributed by atoms with Crippen LogP contribution in [0.3, 0.4) is 0 Å². The van der Waals surface area contributed by atoms with Crippen molar-refractivity contribution >= 4 is 10.0 Å². The van der Waals surface area contributed by atoms with Gasteiger partial charge < -0.3 is 10.2 Å². The van der Waals surface area contributed by atoms with Crippen LogP contribution < -0.4 is 5.32 Å². The first kappa shape index (κ1) is 12.9. The molecule has 0 saturated carbocycles. The summed E-state index contributed by atoms with van der Waals surface area (Å²) < 4.78 is 25.6. The molecule has 0 bridgehead atoms. The molecule has 1 heterocycles. The second-order valence-corrected chi connectivity index (χ2v) is 6.61. The Morgan fingerprint density at radius 2 is 2.13 bits per heavy atom. The first-order valence-corrected chi connectivity index (χ1v) is 6.79. The van der Waals surface area contributed by atoms with Gasteiger partial charge in [0.05, 0.1) is 5.25 Å². The van der Waals surface area contributed by atoms with Crippen molar-refractivity contribution in [2.45, 2.75) is 12.2 Å². The third kappa shape index (κ3) is 3.41. The number of hydrogen-bond acceptors (Lipinski definition) is 4. The predicted molar refractivity (Wildman–Crippen MR) is 61.4 cm³/mol. The van der Waals surface area contributed by atoms with Gasteiger partial charge in [-0.3, -0.25) is 0 Å². The third-order valence-corrected chi connectivity index (χ3v) is 4.90. The molecule has 1 saturated heterocycles. The van der Waals surface area contributed by atoms with Gasteiger partial charge in [0.15, 0.2) is 0 Å². The SMILES string of the molecule is CC1CNCCN(CCN(C)C)S1(=O)=O. The number of sulfonamides is 1. The maximum atomic E-state index is 12.0. The smallest absolute Gasteiger partial charge is 0.218 e. The summed E-state index contributed by atoms with van der Waals surface area (Å²) in [6.07, 6.45) is 0. The minimum Gasteiger partial charge on any atom is -0.314 e. The van der Waals surface area contributed by atoms with Crippen LogP contribution in [0.4, 0.5) is 0 Å². The van der Waals surface area contributed by atoms with Crippen LogP contribution in [0.25, 0.3) is 0 Å². The molecule has 90 valence electrons. The van der Waals surface area contributed by atoms with Gasteiger partial charge in [-0.1, -0.05) is 0 Å². The molecule has 1 aliphatic rings. The van der Waals surface area contributed by atoms with Crippen LogP contribution in [-0.4, -0.2) is 69.7 Å². The fourth-order valence-electron chi connectivity index (χ4n) is 1.55. The molecule has 1 unspecified atom stereocenters. The van der Waals surface area contributed by atoms with E-state index in [1.165, 1.54) is 0 Å². The summed E-state index contributed by atoms with van der Waals surface area (Å²) in [5.41, 5.74) is 0. The highest BCUT2D eigenvalue weighted by Gasteiger charge is 2.30. The van der Waals surface area contributed by atoms with E-state index < -0.39 is 10.0 Å². The van der Waals surface area contributed by atoms with Crippen molar-refractivity contribution in [1.82, 2.24) is 14.5 Å². The van der Waals surface area contributed by atoms with Crippen molar-refractivity contribution < 1.29 is 8.42 Å². The largest absolute Gasteiger partial charge is 0.314 e. The normalized spacial score (nSPS) is 27.9. The first-order chi connectivity index (χ1) is 6.94. The van der Waals surface area contributed by atoms with Crippen molar-refractivity contribution in [2.24, 2.45) is 0 Å². The summed E-state index contributed by atoms with van der Waals surface area (Å²) in [4.78, 5) is 2.00. The summed E-state index contributed by atoms with van der Waals surface area (Å²) in [5.74, 6) is 0.